The molecule has 0 fully saturated rings. The van der Waals surface area contributed by atoms with E-state index in [4.69, 9.17) is 4.74 Å². The molecule has 1 aromatic rings. The van der Waals surface area contributed by atoms with E-state index in [9.17, 15) is 0 Å². The highest BCUT2D eigenvalue weighted by atomic mass is 16.5. The Kier molecular flexibility index (Phi) is 6.86. The molecule has 0 aliphatic rings. The number of nitrogens with one attached hydrogen (secondary N) is 1. The van der Waals surface area contributed by atoms with Gasteiger partial charge in [0.25, 0.3) is 0 Å². The monoisotopic (exact) mass is 221 g/mol. The average molecular weight is 221 g/mol. The summed E-state index contributed by atoms with van der Waals surface area (Å²) in [5, 5.41) is 3.40. The smallest absolute Gasteiger partial charge is 0.0587 e. The number of hydrogen-bond donors (Lipinski definition) is 1. The molecule has 0 aliphatic carbocycles. The molecule has 2 nitrogen and oxygen atoms in total. The molecule has 1 aromatic carbocycles. The minimum absolute atomic E-state index is 0.720. The van der Waals surface area contributed by atoms with E-state index in [-0.39, 0.29) is 0 Å². The molecule has 1 atom stereocenters. The number of benzene rings is 1. The lowest BCUT2D eigenvalue weighted by molar-refractivity contribution is 0.198. The molecule has 16 heavy (non-hydrogen) atoms. The van der Waals surface area contributed by atoms with Crippen LogP contribution in [0.5, 0.6) is 0 Å². The Bertz CT molecular complexity index is 261. The van der Waals surface area contributed by atoms with Crippen molar-refractivity contribution in [3.8, 4) is 0 Å². The second-order valence-corrected chi connectivity index (χ2v) is 4.33. The second kappa shape index (κ2) is 8.31. The van der Waals surface area contributed by atoms with Gasteiger partial charge in [0.05, 0.1) is 6.61 Å². The Labute approximate surface area is 99.0 Å². The van der Waals surface area contributed by atoms with E-state index >= 15 is 0 Å². The molecule has 0 radical (unpaired) electrons. The van der Waals surface area contributed by atoms with Crippen molar-refractivity contribution in [2.45, 2.75) is 19.8 Å². The van der Waals surface area contributed by atoms with Crippen LogP contribution in [0.3, 0.4) is 0 Å². The molecule has 1 rings (SSSR count). The molecule has 0 saturated carbocycles. The predicted molar refractivity (Wildman–Crippen MR) is 68.7 cm³/mol. The van der Waals surface area contributed by atoms with Gasteiger partial charge in [-0.15, -0.1) is 0 Å². The summed E-state index contributed by atoms with van der Waals surface area (Å²) in [6.45, 7) is 5.12. The van der Waals surface area contributed by atoms with Gasteiger partial charge in [-0.1, -0.05) is 37.3 Å². The van der Waals surface area contributed by atoms with Crippen LogP contribution in [0, 0.1) is 5.92 Å². The summed E-state index contributed by atoms with van der Waals surface area (Å²) in [4.78, 5) is 0. The maximum Gasteiger partial charge on any atom is 0.0587 e. The Hall–Kier alpha value is -0.860. The molecule has 90 valence electrons. The Morgan fingerprint density at radius 2 is 2.00 bits per heavy atom. The number of aryl methyl sites for hydroxylation is 1. The van der Waals surface area contributed by atoms with Crippen LogP contribution in [0.4, 0.5) is 0 Å². The first-order valence-electron chi connectivity index (χ1n) is 6.06. The van der Waals surface area contributed by atoms with Crippen molar-refractivity contribution in [3.05, 3.63) is 35.9 Å². The van der Waals surface area contributed by atoms with Crippen molar-refractivity contribution in [3.63, 3.8) is 0 Å². The van der Waals surface area contributed by atoms with Gasteiger partial charge in [-0.25, -0.2) is 0 Å². The Balaban J connectivity index is 2.08. The van der Waals surface area contributed by atoms with Crippen LogP contribution in [0.1, 0.15) is 18.9 Å². The lowest BCUT2D eigenvalue weighted by Crippen LogP contribution is -2.25. The number of ether oxygens (including phenoxy) is 1. The highest BCUT2D eigenvalue weighted by Gasteiger charge is 2.01. The van der Waals surface area contributed by atoms with Crippen molar-refractivity contribution in [2.75, 3.05) is 26.8 Å². The van der Waals surface area contributed by atoms with Crippen molar-refractivity contribution < 1.29 is 4.74 Å². The van der Waals surface area contributed by atoms with Crippen molar-refractivity contribution in [1.29, 1.82) is 0 Å². The lowest BCUT2D eigenvalue weighted by atomic mass is 10.0. The second-order valence-electron chi connectivity index (χ2n) is 4.33. The van der Waals surface area contributed by atoms with Gasteiger partial charge in [-0.05, 0) is 30.9 Å². The number of hydrogen-bond acceptors (Lipinski definition) is 2. The fraction of sp³-hybridized carbons (Fsp3) is 0.571. The third-order valence-corrected chi connectivity index (χ3v) is 2.74. The summed E-state index contributed by atoms with van der Waals surface area (Å²) < 4.78 is 4.99. The molecule has 0 saturated heterocycles. The van der Waals surface area contributed by atoms with E-state index in [1.54, 1.807) is 7.11 Å². The fourth-order valence-corrected chi connectivity index (χ4v) is 1.68. The van der Waals surface area contributed by atoms with E-state index in [1.165, 1.54) is 18.4 Å². The largest absolute Gasteiger partial charge is 0.383 e. The Morgan fingerprint density at radius 1 is 1.25 bits per heavy atom. The average Bonchev–Trinajstić information content (AvgIpc) is 2.33. The van der Waals surface area contributed by atoms with Crippen LogP contribution in [-0.4, -0.2) is 26.8 Å². The van der Waals surface area contributed by atoms with Gasteiger partial charge < -0.3 is 10.1 Å². The van der Waals surface area contributed by atoms with Crippen LogP contribution in [0.2, 0.25) is 0 Å². The summed E-state index contributed by atoms with van der Waals surface area (Å²) in [6, 6.07) is 10.7. The maximum absolute atomic E-state index is 4.99. The van der Waals surface area contributed by atoms with Gasteiger partial charge >= 0.3 is 0 Å². The van der Waals surface area contributed by atoms with Crippen LogP contribution < -0.4 is 5.32 Å². The SMILES string of the molecule is COCCNCC(C)CCc1ccccc1. The van der Waals surface area contributed by atoms with Gasteiger partial charge in [-0.3, -0.25) is 0 Å². The predicted octanol–water partition coefficient (Wildman–Crippen LogP) is 2.49. The lowest BCUT2D eigenvalue weighted by Gasteiger charge is -2.12. The zero-order chi connectivity index (χ0) is 11.6. The van der Waals surface area contributed by atoms with Gasteiger partial charge in [0.2, 0.25) is 0 Å². The van der Waals surface area contributed by atoms with E-state index < -0.39 is 0 Å². The zero-order valence-electron chi connectivity index (χ0n) is 10.4. The molecule has 0 amide bonds. The highest BCUT2D eigenvalue weighted by molar-refractivity contribution is 5.14. The molecule has 0 aliphatic heterocycles. The van der Waals surface area contributed by atoms with Crippen molar-refractivity contribution in [2.24, 2.45) is 5.92 Å². The quantitative estimate of drug-likeness (QED) is 0.681. The molecule has 0 spiro atoms. The van der Waals surface area contributed by atoms with E-state index in [1.807, 2.05) is 0 Å². The first-order chi connectivity index (χ1) is 7.83. The normalized spacial score (nSPS) is 12.6. The van der Waals surface area contributed by atoms with Crippen molar-refractivity contribution >= 4 is 0 Å². The molecule has 2 heteroatoms. The van der Waals surface area contributed by atoms with E-state index in [0.29, 0.717) is 0 Å². The number of methoxy groups -OCH3 is 1. The minimum atomic E-state index is 0.720. The maximum atomic E-state index is 4.99. The van der Waals surface area contributed by atoms with Gasteiger partial charge in [0.15, 0.2) is 0 Å². The van der Waals surface area contributed by atoms with Gasteiger partial charge in [-0.2, -0.15) is 0 Å². The topological polar surface area (TPSA) is 21.3 Å². The highest BCUT2D eigenvalue weighted by Crippen LogP contribution is 2.08. The van der Waals surface area contributed by atoms with E-state index in [2.05, 4.69) is 42.6 Å². The summed E-state index contributed by atoms with van der Waals surface area (Å²) in [6.07, 6.45) is 2.41. The summed E-state index contributed by atoms with van der Waals surface area (Å²) in [5.41, 5.74) is 1.44. The molecular weight excluding hydrogens is 198 g/mol. The van der Waals surface area contributed by atoms with Gasteiger partial charge in [0, 0.05) is 13.7 Å². The standard InChI is InChI=1S/C14H23NO/c1-13(12-15-10-11-16-2)8-9-14-6-4-3-5-7-14/h3-7,13,15H,8-12H2,1-2H3. The molecule has 0 heterocycles. The van der Waals surface area contributed by atoms with Crippen LogP contribution in [0.15, 0.2) is 30.3 Å². The van der Waals surface area contributed by atoms with E-state index in [0.717, 1.165) is 25.6 Å². The first kappa shape index (κ1) is 13.2. The first-order valence-corrected chi connectivity index (χ1v) is 6.06. The summed E-state index contributed by atoms with van der Waals surface area (Å²) >= 11 is 0. The van der Waals surface area contributed by atoms with Gasteiger partial charge in [0.1, 0.15) is 0 Å². The fourth-order valence-electron chi connectivity index (χ4n) is 1.68. The van der Waals surface area contributed by atoms with Crippen LogP contribution in [0.25, 0.3) is 0 Å². The minimum Gasteiger partial charge on any atom is -0.383 e. The third-order valence-electron chi connectivity index (χ3n) is 2.74. The molecule has 1 N–H and O–H groups in total. The zero-order valence-corrected chi connectivity index (χ0v) is 10.4. The molecule has 0 aromatic heterocycles. The van der Waals surface area contributed by atoms with Crippen molar-refractivity contribution in [1.82, 2.24) is 5.32 Å². The Morgan fingerprint density at radius 3 is 2.69 bits per heavy atom. The summed E-state index contributed by atoms with van der Waals surface area (Å²) in [7, 11) is 1.74. The third kappa shape index (κ3) is 5.89. The molecule has 0 bridgehead atoms. The van der Waals surface area contributed by atoms with Crippen LogP contribution in [-0.2, 0) is 11.2 Å². The summed E-state index contributed by atoms with van der Waals surface area (Å²) in [5.74, 6) is 0.720. The van der Waals surface area contributed by atoms with Crippen LogP contribution >= 0.6 is 0 Å². The molecular formula is C14H23NO. The number of rotatable bonds is 8. The molecule has 1 unspecified atom stereocenters.